The third-order valence-corrected chi connectivity index (χ3v) is 4.87. The molecule has 0 heterocycles. The van der Waals surface area contributed by atoms with Crippen LogP contribution in [0.5, 0.6) is 23.0 Å². The lowest BCUT2D eigenvalue weighted by atomic mass is 10.1. The summed E-state index contributed by atoms with van der Waals surface area (Å²) < 4.78 is 21.6. The predicted molar refractivity (Wildman–Crippen MR) is 132 cm³/mol. The standard InChI is InChI=1S/C27H27NO5/c1-30-23-16-20(10-11-21-17-24(31-2)27(33-4)25(18-21)32-3)12-14-22(23)28-26(29)15-13-19-8-6-5-7-9-19/h5-18H,1-4H3,(H,28,29)/b11-10+,15-13+. The minimum Gasteiger partial charge on any atom is -0.495 e. The largest absolute Gasteiger partial charge is 0.495 e. The van der Waals surface area contributed by atoms with Crippen LogP contribution in [0.15, 0.2) is 66.7 Å². The second-order valence-electron chi connectivity index (χ2n) is 6.98. The third-order valence-electron chi connectivity index (χ3n) is 4.87. The second-order valence-corrected chi connectivity index (χ2v) is 6.98. The molecule has 6 nitrogen and oxygen atoms in total. The average molecular weight is 446 g/mol. The molecule has 1 amide bonds. The summed E-state index contributed by atoms with van der Waals surface area (Å²) in [6.07, 6.45) is 7.12. The molecule has 0 bridgehead atoms. The number of benzene rings is 3. The van der Waals surface area contributed by atoms with Crippen molar-refractivity contribution in [2.45, 2.75) is 0 Å². The Morgan fingerprint density at radius 2 is 1.27 bits per heavy atom. The van der Waals surface area contributed by atoms with Crippen molar-refractivity contribution in [3.05, 3.63) is 83.4 Å². The fourth-order valence-corrected chi connectivity index (χ4v) is 3.22. The molecule has 0 unspecified atom stereocenters. The summed E-state index contributed by atoms with van der Waals surface area (Å²) in [6, 6.07) is 18.9. The van der Waals surface area contributed by atoms with Gasteiger partial charge in [0.2, 0.25) is 11.7 Å². The molecule has 170 valence electrons. The third kappa shape index (κ3) is 6.17. The van der Waals surface area contributed by atoms with Gasteiger partial charge in [-0.1, -0.05) is 48.6 Å². The summed E-state index contributed by atoms with van der Waals surface area (Å²) >= 11 is 0. The number of methoxy groups -OCH3 is 4. The van der Waals surface area contributed by atoms with Gasteiger partial charge in [-0.05, 0) is 47.0 Å². The number of nitrogens with one attached hydrogen (secondary N) is 1. The maximum absolute atomic E-state index is 12.3. The number of ether oxygens (including phenoxy) is 4. The Morgan fingerprint density at radius 1 is 0.667 bits per heavy atom. The molecule has 0 spiro atoms. The lowest BCUT2D eigenvalue weighted by Gasteiger charge is -2.13. The van der Waals surface area contributed by atoms with Gasteiger partial charge in [-0.2, -0.15) is 0 Å². The van der Waals surface area contributed by atoms with Crippen molar-refractivity contribution in [2.24, 2.45) is 0 Å². The fraction of sp³-hybridized carbons (Fsp3) is 0.148. The highest BCUT2D eigenvalue weighted by Crippen LogP contribution is 2.38. The lowest BCUT2D eigenvalue weighted by Crippen LogP contribution is -2.08. The Labute approximate surface area is 194 Å². The summed E-state index contributed by atoms with van der Waals surface area (Å²) in [6.45, 7) is 0. The van der Waals surface area contributed by atoms with Crippen molar-refractivity contribution in [3.63, 3.8) is 0 Å². The summed E-state index contributed by atoms with van der Waals surface area (Å²) in [7, 11) is 6.30. The van der Waals surface area contributed by atoms with Crippen LogP contribution in [0.1, 0.15) is 16.7 Å². The molecular weight excluding hydrogens is 418 g/mol. The lowest BCUT2D eigenvalue weighted by molar-refractivity contribution is -0.111. The van der Waals surface area contributed by atoms with Gasteiger partial charge in [-0.15, -0.1) is 0 Å². The van der Waals surface area contributed by atoms with Gasteiger partial charge in [0.15, 0.2) is 11.5 Å². The molecule has 3 aromatic rings. The van der Waals surface area contributed by atoms with Crippen molar-refractivity contribution in [1.29, 1.82) is 0 Å². The number of carbonyl (C=O) groups excluding carboxylic acids is 1. The first-order valence-corrected chi connectivity index (χ1v) is 10.3. The molecule has 0 aliphatic heterocycles. The Balaban J connectivity index is 1.76. The van der Waals surface area contributed by atoms with E-state index in [1.54, 1.807) is 34.5 Å². The first kappa shape index (κ1) is 23.5. The summed E-state index contributed by atoms with van der Waals surface area (Å²) in [4.78, 5) is 12.3. The predicted octanol–water partition coefficient (Wildman–Crippen LogP) is 5.54. The highest BCUT2D eigenvalue weighted by Gasteiger charge is 2.12. The van der Waals surface area contributed by atoms with E-state index in [4.69, 9.17) is 18.9 Å². The van der Waals surface area contributed by atoms with Crippen molar-refractivity contribution in [1.82, 2.24) is 0 Å². The SMILES string of the molecule is COc1cc(/C=C/c2cc(OC)c(OC)c(OC)c2)ccc1NC(=O)/C=C/c1ccccc1. The smallest absolute Gasteiger partial charge is 0.248 e. The van der Waals surface area contributed by atoms with Crippen molar-refractivity contribution < 1.29 is 23.7 Å². The molecule has 0 fully saturated rings. The number of hydrogen-bond acceptors (Lipinski definition) is 5. The molecule has 33 heavy (non-hydrogen) atoms. The molecule has 0 aromatic heterocycles. The van der Waals surface area contributed by atoms with E-state index in [2.05, 4.69) is 5.32 Å². The van der Waals surface area contributed by atoms with Gasteiger partial charge in [0.05, 0.1) is 34.1 Å². The van der Waals surface area contributed by atoms with E-state index in [1.807, 2.05) is 72.8 Å². The number of rotatable bonds is 9. The molecule has 0 aliphatic rings. The Bertz CT molecular complexity index is 1130. The first-order chi connectivity index (χ1) is 16.1. The molecule has 0 atom stereocenters. The van der Waals surface area contributed by atoms with Crippen LogP contribution in [-0.2, 0) is 4.79 Å². The zero-order chi connectivity index (χ0) is 23.6. The average Bonchev–Trinajstić information content (AvgIpc) is 2.86. The zero-order valence-electron chi connectivity index (χ0n) is 19.1. The fourth-order valence-electron chi connectivity index (χ4n) is 3.22. The van der Waals surface area contributed by atoms with E-state index in [9.17, 15) is 4.79 Å². The van der Waals surface area contributed by atoms with Gasteiger partial charge in [0.25, 0.3) is 0 Å². The van der Waals surface area contributed by atoms with E-state index in [-0.39, 0.29) is 5.91 Å². The summed E-state index contributed by atoms with van der Waals surface area (Å²) in [5.74, 6) is 2.02. The molecule has 6 heteroatoms. The molecule has 0 aliphatic carbocycles. The molecule has 0 radical (unpaired) electrons. The Hall–Kier alpha value is -4.19. The topological polar surface area (TPSA) is 66.0 Å². The van der Waals surface area contributed by atoms with Gasteiger partial charge in [-0.25, -0.2) is 0 Å². The van der Waals surface area contributed by atoms with Crippen molar-refractivity contribution in [3.8, 4) is 23.0 Å². The van der Waals surface area contributed by atoms with Crippen molar-refractivity contribution in [2.75, 3.05) is 33.8 Å². The minimum absolute atomic E-state index is 0.238. The van der Waals surface area contributed by atoms with Gasteiger partial charge in [0, 0.05) is 6.08 Å². The van der Waals surface area contributed by atoms with Crippen LogP contribution in [0.2, 0.25) is 0 Å². The molecule has 1 N–H and O–H groups in total. The quantitative estimate of drug-likeness (QED) is 0.346. The number of carbonyl (C=O) groups is 1. The Morgan fingerprint density at radius 3 is 1.88 bits per heavy atom. The minimum atomic E-state index is -0.238. The van der Waals surface area contributed by atoms with Crippen LogP contribution in [0.4, 0.5) is 5.69 Å². The van der Waals surface area contributed by atoms with E-state index in [0.29, 0.717) is 28.7 Å². The number of hydrogen-bond donors (Lipinski definition) is 1. The van der Waals surface area contributed by atoms with Gasteiger partial charge in [0.1, 0.15) is 5.75 Å². The summed E-state index contributed by atoms with van der Waals surface area (Å²) in [5, 5.41) is 2.85. The Kier molecular flexibility index (Phi) is 8.13. The van der Waals surface area contributed by atoms with E-state index >= 15 is 0 Å². The number of amides is 1. The first-order valence-electron chi connectivity index (χ1n) is 10.3. The summed E-state index contributed by atoms with van der Waals surface area (Å²) in [5.41, 5.74) is 3.32. The highest BCUT2D eigenvalue weighted by molar-refractivity contribution is 6.02. The van der Waals surface area contributed by atoms with Gasteiger partial charge < -0.3 is 24.3 Å². The molecule has 0 saturated carbocycles. The number of anilines is 1. The molecular formula is C27H27NO5. The maximum Gasteiger partial charge on any atom is 0.248 e. The molecule has 0 saturated heterocycles. The zero-order valence-corrected chi connectivity index (χ0v) is 19.1. The van der Waals surface area contributed by atoms with Crippen LogP contribution in [0, 0.1) is 0 Å². The van der Waals surface area contributed by atoms with Crippen LogP contribution in [0.25, 0.3) is 18.2 Å². The van der Waals surface area contributed by atoms with E-state index < -0.39 is 0 Å². The van der Waals surface area contributed by atoms with E-state index in [0.717, 1.165) is 16.7 Å². The van der Waals surface area contributed by atoms with E-state index in [1.165, 1.54) is 6.08 Å². The highest BCUT2D eigenvalue weighted by atomic mass is 16.5. The maximum atomic E-state index is 12.3. The van der Waals surface area contributed by atoms with Crippen LogP contribution >= 0.6 is 0 Å². The van der Waals surface area contributed by atoms with Crippen LogP contribution < -0.4 is 24.3 Å². The normalized spacial score (nSPS) is 10.9. The monoisotopic (exact) mass is 445 g/mol. The van der Waals surface area contributed by atoms with Crippen LogP contribution in [0.3, 0.4) is 0 Å². The van der Waals surface area contributed by atoms with Crippen molar-refractivity contribution >= 4 is 29.8 Å². The van der Waals surface area contributed by atoms with Crippen LogP contribution in [-0.4, -0.2) is 34.3 Å². The molecule has 3 rings (SSSR count). The van der Waals surface area contributed by atoms with Gasteiger partial charge >= 0.3 is 0 Å². The molecule has 3 aromatic carbocycles. The van der Waals surface area contributed by atoms with Gasteiger partial charge in [-0.3, -0.25) is 4.79 Å². The second kappa shape index (κ2) is 11.4.